The number of rotatable bonds is 5. The average molecular weight is 322 g/mol. The van der Waals surface area contributed by atoms with Gasteiger partial charge in [-0.1, -0.05) is 12.1 Å². The number of esters is 2. The van der Waals surface area contributed by atoms with Crippen molar-refractivity contribution in [2.75, 3.05) is 0 Å². The maximum Gasteiger partial charge on any atom is 0.303 e. The van der Waals surface area contributed by atoms with Crippen molar-refractivity contribution in [2.45, 2.75) is 26.1 Å². The highest BCUT2D eigenvalue weighted by Gasteiger charge is 2.33. The van der Waals surface area contributed by atoms with Crippen molar-refractivity contribution in [3.05, 3.63) is 29.3 Å². The van der Waals surface area contributed by atoms with Gasteiger partial charge < -0.3 is 19.4 Å². The minimum atomic E-state index is -1.76. The molecular weight excluding hydrogens is 310 g/mol. The number of ether oxygens (including phenoxy) is 2. The lowest BCUT2D eigenvalue weighted by Gasteiger charge is -2.25. The third-order valence-electron chi connectivity index (χ3n) is 2.65. The summed E-state index contributed by atoms with van der Waals surface area (Å²) >= 11 is 1.15. The summed E-state index contributed by atoms with van der Waals surface area (Å²) in [5, 5.41) is 11.5. The van der Waals surface area contributed by atoms with Crippen LogP contribution in [0, 0.1) is 0 Å². The van der Waals surface area contributed by atoms with Gasteiger partial charge in [-0.15, -0.1) is 11.3 Å². The van der Waals surface area contributed by atoms with Gasteiger partial charge >= 0.3 is 11.9 Å². The van der Waals surface area contributed by atoms with Crippen LogP contribution < -0.4 is 5.11 Å². The van der Waals surface area contributed by atoms with Crippen LogP contribution in [0.5, 0.6) is 0 Å². The number of carbonyl (C=O) groups is 3. The minimum absolute atomic E-state index is 0.215. The first kappa shape index (κ1) is 15.9. The maximum atomic E-state index is 11.3. The number of aromatic nitrogens is 1. The van der Waals surface area contributed by atoms with Gasteiger partial charge in [0.05, 0.1) is 16.2 Å². The Kier molecular flexibility index (Phi) is 4.71. The van der Waals surface area contributed by atoms with Crippen LogP contribution in [0.25, 0.3) is 10.2 Å². The molecule has 1 heterocycles. The summed E-state index contributed by atoms with van der Waals surface area (Å²) in [4.78, 5) is 37.8. The van der Waals surface area contributed by atoms with E-state index in [0.29, 0.717) is 5.52 Å². The second-order valence-corrected chi connectivity index (χ2v) is 5.46. The summed E-state index contributed by atoms with van der Waals surface area (Å²) in [7, 11) is 0. The number of fused-ring (bicyclic) bond motifs is 1. The lowest BCUT2D eigenvalue weighted by atomic mass is 10.2. The van der Waals surface area contributed by atoms with Gasteiger partial charge in [0.2, 0.25) is 0 Å². The zero-order valence-electron chi connectivity index (χ0n) is 11.8. The summed E-state index contributed by atoms with van der Waals surface area (Å²) in [6.45, 7) is 2.18. The molecule has 0 N–H and O–H groups in total. The van der Waals surface area contributed by atoms with Gasteiger partial charge in [-0.05, 0) is 12.1 Å². The fourth-order valence-corrected chi connectivity index (χ4v) is 2.87. The van der Waals surface area contributed by atoms with Crippen LogP contribution in [0.15, 0.2) is 24.3 Å². The maximum absolute atomic E-state index is 11.3. The summed E-state index contributed by atoms with van der Waals surface area (Å²) in [6.07, 6.45) is -3.12. The van der Waals surface area contributed by atoms with E-state index < -0.39 is 30.1 Å². The molecule has 0 unspecified atom stereocenters. The van der Waals surface area contributed by atoms with Gasteiger partial charge in [0.1, 0.15) is 5.01 Å². The highest BCUT2D eigenvalue weighted by molar-refractivity contribution is 7.18. The molecule has 7 nitrogen and oxygen atoms in total. The molecule has 0 amide bonds. The molecule has 116 valence electrons. The predicted molar refractivity (Wildman–Crippen MR) is 74.7 cm³/mol. The van der Waals surface area contributed by atoms with E-state index in [9.17, 15) is 19.5 Å². The monoisotopic (exact) mass is 322 g/mol. The van der Waals surface area contributed by atoms with Gasteiger partial charge in [-0.3, -0.25) is 9.59 Å². The Labute approximate surface area is 129 Å². The van der Waals surface area contributed by atoms with E-state index in [1.807, 2.05) is 0 Å². The Bertz CT molecular complexity index is 692. The summed E-state index contributed by atoms with van der Waals surface area (Å²) in [5.74, 6) is -3.21. The first-order chi connectivity index (χ1) is 10.4. The van der Waals surface area contributed by atoms with Gasteiger partial charge in [0, 0.05) is 13.8 Å². The number of carboxylic acid groups (broad SMARTS) is 1. The third-order valence-corrected chi connectivity index (χ3v) is 3.74. The topological polar surface area (TPSA) is 106 Å². The molecule has 0 radical (unpaired) electrons. The molecule has 2 atom stereocenters. The van der Waals surface area contributed by atoms with Crippen molar-refractivity contribution in [2.24, 2.45) is 0 Å². The van der Waals surface area contributed by atoms with Crippen LogP contribution >= 0.6 is 11.3 Å². The van der Waals surface area contributed by atoms with Gasteiger partial charge in [0.25, 0.3) is 0 Å². The van der Waals surface area contributed by atoms with Crippen LogP contribution in [0.1, 0.15) is 25.0 Å². The van der Waals surface area contributed by atoms with Crippen molar-refractivity contribution in [1.82, 2.24) is 4.98 Å². The highest BCUT2D eigenvalue weighted by atomic mass is 32.1. The lowest BCUT2D eigenvalue weighted by molar-refractivity contribution is -0.319. The van der Waals surface area contributed by atoms with Crippen molar-refractivity contribution in [3.8, 4) is 0 Å². The molecule has 22 heavy (non-hydrogen) atoms. The number of hydrogen-bond donors (Lipinski definition) is 0. The number of para-hydroxylation sites is 1. The molecule has 2 aromatic rings. The number of thiazole rings is 1. The highest BCUT2D eigenvalue weighted by Crippen LogP contribution is 2.31. The van der Waals surface area contributed by atoms with E-state index in [0.717, 1.165) is 29.9 Å². The average Bonchev–Trinajstić information content (AvgIpc) is 2.85. The summed E-state index contributed by atoms with van der Waals surface area (Å²) in [5.41, 5.74) is 0.625. The number of benzene rings is 1. The number of nitrogens with zero attached hydrogens (tertiary/aromatic N) is 1. The molecule has 0 aliphatic heterocycles. The van der Waals surface area contributed by atoms with Crippen LogP contribution in [0.2, 0.25) is 0 Å². The Morgan fingerprint density at radius 3 is 2.32 bits per heavy atom. The smallest absolute Gasteiger partial charge is 0.303 e. The number of carboxylic acids is 1. The molecule has 1 aromatic heterocycles. The Balaban J connectivity index is 2.45. The standard InChI is InChI=1S/C14H13NO6S/c1-7(16)20-11(12(14(18)19)21-8(2)17)13-15-9-5-3-4-6-10(9)22-13/h3-6,11-12H,1-2H3,(H,18,19)/p-1/t11-,12+/m1/s1. The van der Waals surface area contributed by atoms with E-state index >= 15 is 0 Å². The largest absolute Gasteiger partial charge is 0.546 e. The molecule has 0 aliphatic carbocycles. The van der Waals surface area contributed by atoms with Crippen LogP contribution in [0.3, 0.4) is 0 Å². The van der Waals surface area contributed by atoms with Crippen LogP contribution in [0.4, 0.5) is 0 Å². The fourth-order valence-electron chi connectivity index (χ4n) is 1.84. The second-order valence-electron chi connectivity index (χ2n) is 4.40. The normalized spacial score (nSPS) is 13.4. The fraction of sp³-hybridized carbons (Fsp3) is 0.286. The second kappa shape index (κ2) is 6.52. The van der Waals surface area contributed by atoms with E-state index in [1.165, 1.54) is 0 Å². The van der Waals surface area contributed by atoms with E-state index in [2.05, 4.69) is 4.98 Å². The molecule has 1 aromatic carbocycles. The molecule has 2 rings (SSSR count). The molecule has 0 spiro atoms. The lowest BCUT2D eigenvalue weighted by Crippen LogP contribution is -2.43. The summed E-state index contributed by atoms with van der Waals surface area (Å²) < 4.78 is 10.5. The Hall–Kier alpha value is -2.48. The molecule has 0 bridgehead atoms. The first-order valence-corrected chi connectivity index (χ1v) is 7.11. The molecule has 0 aliphatic rings. The summed E-state index contributed by atoms with van der Waals surface area (Å²) in [6, 6.07) is 7.10. The van der Waals surface area contributed by atoms with Crippen molar-refractivity contribution < 1.29 is 29.0 Å². The number of aliphatic carboxylic acids is 1. The zero-order valence-corrected chi connectivity index (χ0v) is 12.6. The third kappa shape index (κ3) is 3.59. The van der Waals surface area contributed by atoms with Crippen LogP contribution in [-0.4, -0.2) is 29.0 Å². The van der Waals surface area contributed by atoms with Crippen molar-refractivity contribution in [3.63, 3.8) is 0 Å². The van der Waals surface area contributed by atoms with Crippen molar-refractivity contribution in [1.29, 1.82) is 0 Å². The minimum Gasteiger partial charge on any atom is -0.546 e. The zero-order chi connectivity index (χ0) is 16.3. The van der Waals surface area contributed by atoms with Crippen molar-refractivity contribution >= 4 is 39.5 Å². The quantitative estimate of drug-likeness (QED) is 0.741. The van der Waals surface area contributed by atoms with Gasteiger partial charge in [-0.2, -0.15) is 0 Å². The Morgan fingerprint density at radius 2 is 1.77 bits per heavy atom. The molecular formula is C14H12NO6S-. The number of carbonyl (C=O) groups excluding carboxylic acids is 3. The Morgan fingerprint density at radius 1 is 1.14 bits per heavy atom. The predicted octanol–water partition coefficient (Wildman–Crippen LogP) is 0.582. The van der Waals surface area contributed by atoms with Gasteiger partial charge in [0.15, 0.2) is 12.2 Å². The first-order valence-electron chi connectivity index (χ1n) is 6.29. The van der Waals surface area contributed by atoms with Gasteiger partial charge in [-0.25, -0.2) is 4.98 Å². The SMILES string of the molecule is CC(=O)O[C@H](C(=O)[O-])[C@@H](OC(C)=O)c1nc2ccccc2s1. The molecule has 0 saturated heterocycles. The molecule has 0 fully saturated rings. The molecule has 0 saturated carbocycles. The van der Waals surface area contributed by atoms with Crippen LogP contribution in [-0.2, 0) is 23.9 Å². The molecule has 8 heteroatoms. The van der Waals surface area contributed by atoms with E-state index in [-0.39, 0.29) is 5.01 Å². The number of hydrogen-bond acceptors (Lipinski definition) is 8. The van der Waals surface area contributed by atoms with E-state index in [1.54, 1.807) is 24.3 Å². The van der Waals surface area contributed by atoms with E-state index in [4.69, 9.17) is 9.47 Å².